The van der Waals surface area contributed by atoms with E-state index in [9.17, 15) is 33.1 Å². The van der Waals surface area contributed by atoms with Gasteiger partial charge in [-0.3, -0.25) is 24.6 Å². The molecule has 1 saturated heterocycles. The first-order valence-electron chi connectivity index (χ1n) is 21.1. The molecular weight excluding hydrogens is 869 g/mol. The van der Waals surface area contributed by atoms with E-state index in [4.69, 9.17) is 23.3 Å². The highest BCUT2D eigenvalue weighted by atomic mass is 31.2. The van der Waals surface area contributed by atoms with Crippen molar-refractivity contribution in [3.63, 3.8) is 0 Å². The summed E-state index contributed by atoms with van der Waals surface area (Å²) in [6.07, 6.45) is -8.49. The highest BCUT2D eigenvalue weighted by Crippen LogP contribution is 2.53. The van der Waals surface area contributed by atoms with Crippen LogP contribution in [0.15, 0.2) is 90.0 Å². The van der Waals surface area contributed by atoms with Crippen LogP contribution in [0.5, 0.6) is 11.5 Å². The topological polar surface area (TPSA) is 198 Å². The lowest BCUT2D eigenvalue weighted by molar-refractivity contribution is -0.171. The van der Waals surface area contributed by atoms with Crippen molar-refractivity contribution in [1.29, 1.82) is 5.26 Å². The van der Waals surface area contributed by atoms with Crippen LogP contribution in [0.4, 0.5) is 19.1 Å². The molecule has 0 amide bonds. The molecule has 0 aliphatic carbocycles. The molecule has 6 rings (SSSR count). The zero-order valence-electron chi connectivity index (χ0n) is 36.9. The van der Waals surface area contributed by atoms with E-state index >= 15 is 0 Å². The fourth-order valence-corrected chi connectivity index (χ4v) is 9.86. The van der Waals surface area contributed by atoms with Crippen molar-refractivity contribution in [2.75, 3.05) is 32.8 Å². The Morgan fingerprint density at radius 3 is 2.15 bits per heavy atom. The molecule has 3 aromatic carbocycles. The molecule has 20 heteroatoms. The first kappa shape index (κ1) is 49.0. The fraction of sp³-hybridized carbons (Fsp3) is 0.444. The number of hydrogen-bond donors (Lipinski definition) is 4. The maximum Gasteiger partial charge on any atom is 0.449 e. The molecule has 5 atom stereocenters. The number of hydrazine groups is 1. The first-order chi connectivity index (χ1) is 31.1. The summed E-state index contributed by atoms with van der Waals surface area (Å²) >= 11 is 0. The van der Waals surface area contributed by atoms with Gasteiger partial charge >= 0.3 is 6.18 Å². The van der Waals surface area contributed by atoms with Gasteiger partial charge in [0, 0.05) is 31.5 Å². The number of aromatic nitrogens is 4. The van der Waals surface area contributed by atoms with Crippen molar-refractivity contribution in [3.05, 3.63) is 112 Å². The maximum atomic E-state index is 13.5. The molecule has 65 heavy (non-hydrogen) atoms. The van der Waals surface area contributed by atoms with Crippen LogP contribution < -0.4 is 25.9 Å². The third-order valence-corrected chi connectivity index (χ3v) is 13.2. The smallest absolute Gasteiger partial charge is 0.449 e. The van der Waals surface area contributed by atoms with Gasteiger partial charge in [0.05, 0.1) is 51.2 Å². The molecule has 0 saturated carbocycles. The number of nitrogens with one attached hydrogen (secondary N) is 3. The Hall–Kier alpha value is -5.45. The van der Waals surface area contributed by atoms with Gasteiger partial charge in [-0.25, -0.2) is 15.1 Å². The molecule has 348 valence electrons. The molecule has 0 bridgehead atoms. The Morgan fingerprint density at radius 1 is 1.00 bits per heavy atom. The molecule has 16 nitrogen and oxygen atoms in total. The van der Waals surface area contributed by atoms with Gasteiger partial charge in [0.25, 0.3) is 14.1 Å². The number of fused-ring (bicyclic) bond motifs is 1. The van der Waals surface area contributed by atoms with Gasteiger partial charge < -0.3 is 28.4 Å². The van der Waals surface area contributed by atoms with Crippen molar-refractivity contribution >= 4 is 31.4 Å². The molecule has 2 aromatic heterocycles. The van der Waals surface area contributed by atoms with E-state index in [-0.39, 0.29) is 61.6 Å². The minimum absolute atomic E-state index is 0.0284. The van der Waals surface area contributed by atoms with Crippen molar-refractivity contribution in [2.45, 2.75) is 102 Å². The van der Waals surface area contributed by atoms with E-state index in [0.717, 1.165) is 5.56 Å². The van der Waals surface area contributed by atoms with E-state index < -0.39 is 62.4 Å². The number of ketones is 1. The van der Waals surface area contributed by atoms with Crippen molar-refractivity contribution in [1.82, 2.24) is 29.6 Å². The molecule has 1 aliphatic heterocycles. The lowest BCUT2D eigenvalue weighted by Gasteiger charge is -2.44. The van der Waals surface area contributed by atoms with E-state index in [2.05, 4.69) is 36.5 Å². The zero-order valence-corrected chi connectivity index (χ0v) is 37.8. The van der Waals surface area contributed by atoms with Crippen LogP contribution in [0.3, 0.4) is 0 Å². The van der Waals surface area contributed by atoms with Gasteiger partial charge in [0.15, 0.2) is 11.2 Å². The van der Waals surface area contributed by atoms with Crippen LogP contribution in [-0.2, 0) is 24.0 Å². The number of halogens is 3. The number of alkyl halides is 3. The molecule has 0 radical (unpaired) electrons. The van der Waals surface area contributed by atoms with Gasteiger partial charge in [-0.05, 0) is 75.1 Å². The average Bonchev–Trinajstić information content (AvgIpc) is 3.91. The summed E-state index contributed by atoms with van der Waals surface area (Å²) in [4.78, 5) is 36.2. The van der Waals surface area contributed by atoms with E-state index in [0.29, 0.717) is 22.6 Å². The van der Waals surface area contributed by atoms with Crippen molar-refractivity contribution in [2.24, 2.45) is 0 Å². The van der Waals surface area contributed by atoms with Gasteiger partial charge in [-0.15, -0.1) is 0 Å². The Morgan fingerprint density at radius 2 is 1.60 bits per heavy atom. The SMILES string of the molecule is COc1ccc(C(c2ccccc2)(c2ccc(OC)cc2)C(O)[C@H]2O[C@@H](n3cnc4c(=O)[nH]c(NNCCCC(=O)C(F)(F)F)nc43)C[C@@H]2OP(OCCC#N)N(C(C)C)C(C)C)cc1. The highest BCUT2D eigenvalue weighted by molar-refractivity contribution is 7.44. The molecule has 4 N–H and O–H groups in total. The van der Waals surface area contributed by atoms with Crippen LogP contribution in [0.2, 0.25) is 0 Å². The number of carbonyl (C=O) groups is 1. The number of rotatable bonds is 22. The number of nitrogens with zero attached hydrogens (tertiary/aromatic N) is 5. The standard InChI is InChI=1S/C45H54F3N8O8P/c1-28(2)56(29(3)4)65(62-25-11-23-49)64-35-26-37(55-27-50-38-41(55)52-43(53-42(38)59)54-51-24-10-14-36(57)45(46,47)48)63-39(35)40(58)44(30-12-8-7-9-13-30,31-15-19-33(60-5)20-16-31)32-17-21-34(61-6)22-18-32/h7-9,12-13,15-22,27-29,35,37,39-40,51,58H,10-11,14,24-26H2,1-6H3,(H2,52,53,54,59)/t35-,37+,39-,40?,65?/m0/s1. The van der Waals surface area contributed by atoms with Crippen LogP contribution in [0.1, 0.15) is 76.3 Å². The fourth-order valence-electron chi connectivity index (χ4n) is 8.12. The Labute approximate surface area is 376 Å². The number of aliphatic hydroxyl groups is 1. The number of aliphatic hydroxyl groups excluding tert-OH is 1. The molecular formula is C45H54F3N8O8P. The van der Waals surface area contributed by atoms with Crippen LogP contribution in [-0.4, -0.2) is 99.0 Å². The number of imidazole rings is 1. The van der Waals surface area contributed by atoms with Crippen LogP contribution in [0, 0.1) is 11.3 Å². The second-order valence-electron chi connectivity index (χ2n) is 15.9. The summed E-state index contributed by atoms with van der Waals surface area (Å²) in [5.74, 6) is -0.697. The molecule has 5 aromatic rings. The molecule has 1 aliphatic rings. The zero-order chi connectivity index (χ0) is 46.9. The second kappa shape index (κ2) is 21.7. The largest absolute Gasteiger partial charge is 0.497 e. The number of aromatic amines is 1. The second-order valence-corrected chi connectivity index (χ2v) is 17.3. The molecule has 2 unspecified atom stereocenters. The van der Waals surface area contributed by atoms with Crippen molar-refractivity contribution in [3.8, 4) is 17.6 Å². The third kappa shape index (κ3) is 11.0. The minimum Gasteiger partial charge on any atom is -0.497 e. The normalized spacial score (nSPS) is 17.7. The monoisotopic (exact) mass is 922 g/mol. The summed E-state index contributed by atoms with van der Waals surface area (Å²) in [7, 11) is 1.28. The summed E-state index contributed by atoms with van der Waals surface area (Å²) < 4.78 is 73.3. The Kier molecular flexibility index (Phi) is 16.4. The summed E-state index contributed by atoms with van der Waals surface area (Å²) in [6.45, 7) is 8.11. The molecule has 3 heterocycles. The predicted molar refractivity (Wildman–Crippen MR) is 237 cm³/mol. The minimum atomic E-state index is -4.92. The van der Waals surface area contributed by atoms with Gasteiger partial charge in [-0.2, -0.15) is 23.4 Å². The lowest BCUT2D eigenvalue weighted by atomic mass is 9.64. The Bertz CT molecular complexity index is 2380. The van der Waals surface area contributed by atoms with E-state index in [1.165, 1.54) is 6.33 Å². The first-order valence-corrected chi connectivity index (χ1v) is 22.3. The number of anilines is 1. The molecule has 1 fully saturated rings. The van der Waals surface area contributed by atoms with Crippen molar-refractivity contribution < 1.29 is 46.3 Å². The number of benzene rings is 3. The summed E-state index contributed by atoms with van der Waals surface area (Å²) in [6, 6.07) is 26.5. The van der Waals surface area contributed by atoms with E-state index in [1.807, 2.05) is 107 Å². The van der Waals surface area contributed by atoms with Crippen LogP contribution in [0.25, 0.3) is 11.2 Å². The average molecular weight is 923 g/mol. The maximum absolute atomic E-state index is 13.5. The number of ether oxygens (including phenoxy) is 3. The van der Waals surface area contributed by atoms with Gasteiger partial charge in [0.2, 0.25) is 11.7 Å². The number of Topliss-reactive ketones (excluding diaryl/α,β-unsaturated/α-hetero) is 1. The quantitative estimate of drug-likeness (QED) is 0.0233. The Balaban J connectivity index is 1.46. The number of methoxy groups -OCH3 is 2. The highest BCUT2D eigenvalue weighted by Gasteiger charge is 2.54. The number of H-pyrrole nitrogens is 1. The summed E-state index contributed by atoms with van der Waals surface area (Å²) in [5.41, 5.74) is 5.65. The third-order valence-electron chi connectivity index (χ3n) is 11.0. The number of hydrogen-bond acceptors (Lipinski definition) is 14. The number of nitriles is 1. The number of carbonyl (C=O) groups excluding carboxylic acids is 1. The lowest BCUT2D eigenvalue weighted by Crippen LogP contribution is -2.52. The summed E-state index contributed by atoms with van der Waals surface area (Å²) in [5, 5.41) is 23.0. The van der Waals surface area contributed by atoms with Crippen LogP contribution >= 0.6 is 8.53 Å². The van der Waals surface area contributed by atoms with E-state index in [1.54, 1.807) is 18.8 Å². The van der Waals surface area contributed by atoms with Gasteiger partial charge in [0.1, 0.15) is 29.9 Å². The molecule has 0 spiro atoms. The van der Waals surface area contributed by atoms with Gasteiger partial charge in [-0.1, -0.05) is 54.6 Å². The predicted octanol–water partition coefficient (Wildman–Crippen LogP) is 7.31.